The molecule has 0 radical (unpaired) electrons. The predicted octanol–water partition coefficient (Wildman–Crippen LogP) is 4.26. The fourth-order valence-corrected chi connectivity index (χ4v) is 6.31. The van der Waals surface area contributed by atoms with Gasteiger partial charge in [0.2, 0.25) is 23.5 Å². The van der Waals surface area contributed by atoms with Crippen LogP contribution in [0.15, 0.2) is 62.1 Å². The lowest BCUT2D eigenvalue weighted by Gasteiger charge is -2.24. The maximum atomic E-state index is 14.1. The first-order valence-electron chi connectivity index (χ1n) is 17.6. The van der Waals surface area contributed by atoms with Crippen molar-refractivity contribution < 1.29 is 33.1 Å². The topological polar surface area (TPSA) is 256 Å². The Bertz CT molecular complexity index is 2300. The van der Waals surface area contributed by atoms with E-state index in [0.29, 0.717) is 65.1 Å². The van der Waals surface area contributed by atoms with Crippen LogP contribution in [-0.4, -0.2) is 77.6 Å². The molecule has 0 fully saturated rings. The van der Waals surface area contributed by atoms with Gasteiger partial charge in [0, 0.05) is 61.0 Å². The zero-order chi connectivity index (χ0) is 41.3. The number of rotatable bonds is 16. The van der Waals surface area contributed by atoms with Crippen molar-refractivity contribution in [2.24, 2.45) is 27.2 Å². The number of fused-ring (bicyclic) bond motifs is 1. The SMILES string of the molecule is C=Nc1cc(C(N)=O)cc(OC)c1N(C/C=C/Cn1c(NC(=O)C2=C(C)N=C(C)C2)nc2cc(C(N)=O)cc(CCCC=O)c21)C(=O)c1oc(C)nc1C.CN. The summed E-state index contributed by atoms with van der Waals surface area (Å²) in [5.74, 6) is -1.71. The lowest BCUT2D eigenvalue weighted by molar-refractivity contribution is -0.113. The molecule has 294 valence electrons. The highest BCUT2D eigenvalue weighted by molar-refractivity contribution is 6.10. The second-order valence-electron chi connectivity index (χ2n) is 12.6. The number of carbonyl (C=O) groups excluding carboxylic acids is 5. The summed E-state index contributed by atoms with van der Waals surface area (Å²) in [4.78, 5) is 82.0. The molecular formula is C39H46N10O7. The summed E-state index contributed by atoms with van der Waals surface area (Å²) in [6.07, 6.45) is 5.92. The van der Waals surface area contributed by atoms with E-state index in [0.717, 1.165) is 12.0 Å². The lowest BCUT2D eigenvalue weighted by atomic mass is 10.0. The van der Waals surface area contributed by atoms with Gasteiger partial charge in [-0.25, -0.2) is 9.97 Å². The van der Waals surface area contributed by atoms with E-state index in [1.54, 1.807) is 49.6 Å². The van der Waals surface area contributed by atoms with Crippen LogP contribution in [0.5, 0.6) is 5.75 Å². The minimum absolute atomic E-state index is 0.0107. The molecule has 3 heterocycles. The molecule has 0 saturated carbocycles. The summed E-state index contributed by atoms with van der Waals surface area (Å²) < 4.78 is 13.1. The van der Waals surface area contributed by atoms with Gasteiger partial charge in [-0.05, 0) is 77.2 Å². The molecule has 2 aromatic carbocycles. The maximum Gasteiger partial charge on any atom is 0.296 e. The number of nitrogens with one attached hydrogen (secondary N) is 1. The van der Waals surface area contributed by atoms with Crippen molar-refractivity contribution in [3.05, 3.63) is 81.7 Å². The Labute approximate surface area is 323 Å². The second kappa shape index (κ2) is 18.5. The van der Waals surface area contributed by atoms with Crippen LogP contribution in [0.25, 0.3) is 11.0 Å². The molecule has 0 saturated heterocycles. The number of amides is 4. The molecule has 0 bridgehead atoms. The highest BCUT2D eigenvalue weighted by Gasteiger charge is 2.29. The number of aliphatic imine (C=N–C) groups is 2. The summed E-state index contributed by atoms with van der Waals surface area (Å²) in [7, 11) is 2.88. The number of allylic oxidation sites excluding steroid dienone is 2. The highest BCUT2D eigenvalue weighted by atomic mass is 16.5. The van der Waals surface area contributed by atoms with Crippen LogP contribution in [0.3, 0.4) is 0 Å². The van der Waals surface area contributed by atoms with E-state index >= 15 is 0 Å². The number of unbranched alkanes of at least 4 members (excludes halogenated alkanes) is 1. The van der Waals surface area contributed by atoms with Gasteiger partial charge in [0.05, 0.1) is 29.5 Å². The molecule has 0 spiro atoms. The van der Waals surface area contributed by atoms with E-state index in [-0.39, 0.29) is 59.0 Å². The van der Waals surface area contributed by atoms with E-state index in [9.17, 15) is 24.0 Å². The molecule has 7 N–H and O–H groups in total. The Hall–Kier alpha value is -6.75. The summed E-state index contributed by atoms with van der Waals surface area (Å²) in [5, 5.41) is 2.92. The smallest absolute Gasteiger partial charge is 0.296 e. The number of hydrogen-bond donors (Lipinski definition) is 4. The first-order valence-corrected chi connectivity index (χ1v) is 17.6. The van der Waals surface area contributed by atoms with Gasteiger partial charge >= 0.3 is 0 Å². The molecule has 1 aliphatic heterocycles. The fraction of sp³-hybridized carbons (Fsp3) is 0.308. The van der Waals surface area contributed by atoms with Crippen LogP contribution in [0.1, 0.15) is 81.5 Å². The molecule has 4 amide bonds. The number of aryl methyl sites for hydroxylation is 3. The van der Waals surface area contributed by atoms with Gasteiger partial charge in [-0.2, -0.15) is 0 Å². The summed E-state index contributed by atoms with van der Waals surface area (Å²) in [6, 6.07) is 6.03. The van der Waals surface area contributed by atoms with Gasteiger partial charge in [-0.15, -0.1) is 0 Å². The van der Waals surface area contributed by atoms with Crippen LogP contribution in [0.2, 0.25) is 0 Å². The van der Waals surface area contributed by atoms with Crippen molar-refractivity contribution in [3.8, 4) is 5.75 Å². The van der Waals surface area contributed by atoms with Gasteiger partial charge in [-0.3, -0.25) is 39.4 Å². The number of nitrogens with two attached hydrogens (primary N) is 3. The largest absolute Gasteiger partial charge is 0.494 e. The first-order chi connectivity index (χ1) is 26.8. The van der Waals surface area contributed by atoms with Gasteiger partial charge < -0.3 is 35.7 Å². The third-order valence-electron chi connectivity index (χ3n) is 8.79. The van der Waals surface area contributed by atoms with Crippen molar-refractivity contribution in [3.63, 3.8) is 0 Å². The van der Waals surface area contributed by atoms with Gasteiger partial charge in [0.15, 0.2) is 5.89 Å². The van der Waals surface area contributed by atoms with Crippen molar-refractivity contribution in [2.75, 3.05) is 30.9 Å². The molecule has 17 nitrogen and oxygen atoms in total. The summed E-state index contributed by atoms with van der Waals surface area (Å²) in [6.45, 7) is 10.6. The molecule has 0 atom stereocenters. The number of hydrogen-bond acceptors (Lipinski definition) is 12. The molecule has 2 aromatic heterocycles. The number of primary amides is 2. The van der Waals surface area contributed by atoms with E-state index in [4.69, 9.17) is 25.6 Å². The molecule has 5 rings (SSSR count). The minimum Gasteiger partial charge on any atom is -0.494 e. The number of imidazole rings is 1. The number of methoxy groups -OCH3 is 1. The normalized spacial score (nSPS) is 12.3. The third kappa shape index (κ3) is 9.12. The molecule has 17 heteroatoms. The highest BCUT2D eigenvalue weighted by Crippen LogP contribution is 2.40. The van der Waals surface area contributed by atoms with Gasteiger partial charge in [0.1, 0.15) is 17.7 Å². The van der Waals surface area contributed by atoms with E-state index in [1.807, 2.05) is 6.92 Å². The molecule has 4 aromatic rings. The predicted molar refractivity (Wildman–Crippen MR) is 214 cm³/mol. The van der Waals surface area contributed by atoms with Crippen LogP contribution >= 0.6 is 0 Å². The number of ether oxygens (including phenoxy) is 1. The Kier molecular flexibility index (Phi) is 13.9. The van der Waals surface area contributed by atoms with Crippen LogP contribution < -0.4 is 32.2 Å². The van der Waals surface area contributed by atoms with E-state index < -0.39 is 17.7 Å². The standard InChI is InChI=1S/C38H41N9O7.CH5N/c1-20-15-27(21(2)42-20)36(51)45-38-44-29-18-25(34(39)49)16-24(11-7-10-14-48)31(29)47(38)13-9-8-12-46(37(52)33-22(3)43-23(4)54-33)32-28(41-5)17-26(35(40)50)19-30(32)53-6;1-2/h8-9,14,16-19H,5,7,10-13,15H2,1-4,6H3,(H2,39,49)(H2,40,50)(H,44,45,51);2H2,1H3/b9-8+;. The monoisotopic (exact) mass is 766 g/mol. The van der Waals surface area contributed by atoms with Crippen molar-refractivity contribution >= 4 is 70.7 Å². The summed E-state index contributed by atoms with van der Waals surface area (Å²) >= 11 is 0. The van der Waals surface area contributed by atoms with Crippen molar-refractivity contribution in [2.45, 2.75) is 59.9 Å². The molecule has 56 heavy (non-hydrogen) atoms. The van der Waals surface area contributed by atoms with Crippen LogP contribution in [0.4, 0.5) is 17.3 Å². The Morgan fingerprint density at radius 3 is 2.30 bits per heavy atom. The number of benzene rings is 2. The Morgan fingerprint density at radius 1 is 1.04 bits per heavy atom. The van der Waals surface area contributed by atoms with Crippen molar-refractivity contribution in [1.29, 1.82) is 0 Å². The molecule has 0 unspecified atom stereocenters. The maximum absolute atomic E-state index is 14.1. The number of oxazole rings is 1. The Morgan fingerprint density at radius 2 is 1.73 bits per heavy atom. The number of aromatic nitrogens is 3. The lowest BCUT2D eigenvalue weighted by Crippen LogP contribution is -2.32. The van der Waals surface area contributed by atoms with Gasteiger partial charge in [0.25, 0.3) is 11.8 Å². The number of aldehydes is 1. The number of anilines is 2. The zero-order valence-corrected chi connectivity index (χ0v) is 32.3. The average molecular weight is 767 g/mol. The number of carbonyl (C=O) groups is 5. The van der Waals surface area contributed by atoms with E-state index in [1.165, 1.54) is 31.2 Å². The quantitative estimate of drug-likeness (QED) is 0.0545. The third-order valence-corrected chi connectivity index (χ3v) is 8.79. The second-order valence-corrected chi connectivity index (χ2v) is 12.6. The van der Waals surface area contributed by atoms with E-state index in [2.05, 4.69) is 32.7 Å². The first kappa shape index (κ1) is 42.0. The number of nitrogens with zero attached hydrogens (tertiary/aromatic N) is 6. The molecular weight excluding hydrogens is 720 g/mol. The minimum atomic E-state index is -0.727. The fourth-order valence-electron chi connectivity index (χ4n) is 6.31. The summed E-state index contributed by atoms with van der Waals surface area (Å²) in [5.41, 5.74) is 20.4. The molecule has 0 aliphatic carbocycles. The van der Waals surface area contributed by atoms with Gasteiger partial charge in [-0.1, -0.05) is 12.2 Å². The Balaban J connectivity index is 0.00000342. The van der Waals surface area contributed by atoms with Crippen molar-refractivity contribution in [1.82, 2.24) is 14.5 Å². The van der Waals surface area contributed by atoms with Crippen LogP contribution in [0, 0.1) is 13.8 Å². The average Bonchev–Trinajstić information content (AvgIpc) is 3.83. The van der Waals surface area contributed by atoms with Crippen LogP contribution in [-0.2, 0) is 22.6 Å². The molecule has 1 aliphatic rings. The zero-order valence-electron chi connectivity index (χ0n) is 32.3.